The summed E-state index contributed by atoms with van der Waals surface area (Å²) in [6.45, 7) is 3.20. The molecule has 0 bridgehead atoms. The van der Waals surface area contributed by atoms with Gasteiger partial charge < -0.3 is 15.6 Å². The third-order valence-electron chi connectivity index (χ3n) is 1.74. The van der Waals surface area contributed by atoms with Crippen LogP contribution in [0.3, 0.4) is 0 Å². The lowest BCUT2D eigenvalue weighted by Gasteiger charge is -2.09. The summed E-state index contributed by atoms with van der Waals surface area (Å²) < 4.78 is 0. The van der Waals surface area contributed by atoms with Gasteiger partial charge in [0, 0.05) is 18.3 Å². The molecule has 1 rings (SSSR count). The van der Waals surface area contributed by atoms with Crippen molar-refractivity contribution in [2.24, 2.45) is 5.73 Å². The molecule has 86 valence electrons. The highest BCUT2D eigenvalue weighted by Gasteiger charge is 2.17. The highest BCUT2D eigenvalue weighted by molar-refractivity contribution is 5.87. The minimum absolute atomic E-state index is 0.253. The molecule has 0 unspecified atom stereocenters. The lowest BCUT2D eigenvalue weighted by molar-refractivity contribution is -0.157. The molecule has 4 N–H and O–H groups in total. The largest absolute Gasteiger partial charge is 0.349 e. The summed E-state index contributed by atoms with van der Waals surface area (Å²) >= 11 is 0. The van der Waals surface area contributed by atoms with E-state index in [2.05, 4.69) is 21.4 Å². The summed E-state index contributed by atoms with van der Waals surface area (Å²) in [5.41, 5.74) is 8.12. The lowest BCUT2D eigenvalue weighted by atomic mass is 10.2. The number of H-pyrrole nitrogens is 1. The molecule has 0 radical (unpaired) electrons. The maximum Gasteiger partial charge on any atom is 0.349 e. The van der Waals surface area contributed by atoms with Crippen LogP contribution >= 0.6 is 0 Å². The van der Waals surface area contributed by atoms with Gasteiger partial charge in [-0.2, -0.15) is 5.48 Å². The molecule has 0 aromatic carbocycles. The van der Waals surface area contributed by atoms with Crippen molar-refractivity contribution in [3.05, 3.63) is 30.9 Å². The van der Waals surface area contributed by atoms with Gasteiger partial charge in [-0.25, -0.2) is 9.78 Å². The monoisotopic (exact) mass is 224 g/mol. The second-order valence-electron chi connectivity index (χ2n) is 2.98. The molecule has 1 heterocycles. The Hall–Kier alpha value is -2.15. The van der Waals surface area contributed by atoms with Crippen molar-refractivity contribution in [2.75, 3.05) is 0 Å². The zero-order chi connectivity index (χ0) is 12.0. The van der Waals surface area contributed by atoms with Crippen LogP contribution in [0.4, 0.5) is 0 Å². The fraction of sp³-hybridized carbons (Fsp3) is 0.222. The van der Waals surface area contributed by atoms with Gasteiger partial charge in [0.1, 0.15) is 6.04 Å². The first-order valence-electron chi connectivity index (χ1n) is 4.49. The van der Waals surface area contributed by atoms with E-state index in [9.17, 15) is 9.59 Å². The first-order chi connectivity index (χ1) is 7.63. The Morgan fingerprint density at radius 2 is 2.50 bits per heavy atom. The molecule has 0 spiro atoms. The van der Waals surface area contributed by atoms with Crippen molar-refractivity contribution >= 4 is 11.9 Å². The van der Waals surface area contributed by atoms with E-state index in [1.165, 1.54) is 6.33 Å². The van der Waals surface area contributed by atoms with Crippen LogP contribution in [0.25, 0.3) is 0 Å². The molecular weight excluding hydrogens is 212 g/mol. The number of carbonyl (C=O) groups excluding carboxylic acids is 2. The molecule has 7 nitrogen and oxygen atoms in total. The molecule has 0 fully saturated rings. The molecule has 0 saturated heterocycles. The standard InChI is InChI=1S/C9H12N4O3/c1-2-8(14)13-16-9(15)7(10)3-6-4-11-5-12-6/h2,4-5,7H,1,3,10H2,(H,11,12)(H,13,14)/t7-/m0/s1. The Morgan fingerprint density at radius 3 is 3.06 bits per heavy atom. The number of aromatic nitrogens is 2. The second-order valence-corrected chi connectivity index (χ2v) is 2.98. The van der Waals surface area contributed by atoms with Gasteiger partial charge in [-0.1, -0.05) is 6.58 Å². The van der Waals surface area contributed by atoms with Crippen molar-refractivity contribution in [1.29, 1.82) is 0 Å². The van der Waals surface area contributed by atoms with Gasteiger partial charge in [0.05, 0.1) is 6.33 Å². The quantitative estimate of drug-likeness (QED) is 0.450. The summed E-state index contributed by atoms with van der Waals surface area (Å²) in [7, 11) is 0. The van der Waals surface area contributed by atoms with Gasteiger partial charge in [-0.3, -0.25) is 4.79 Å². The van der Waals surface area contributed by atoms with Gasteiger partial charge in [0.2, 0.25) is 0 Å². The van der Waals surface area contributed by atoms with Gasteiger partial charge in [0.15, 0.2) is 0 Å². The van der Waals surface area contributed by atoms with Crippen LogP contribution in [0.1, 0.15) is 5.69 Å². The Bertz CT molecular complexity index is 374. The molecule has 0 saturated carbocycles. The third-order valence-corrected chi connectivity index (χ3v) is 1.74. The Labute approximate surface area is 91.6 Å². The van der Waals surface area contributed by atoms with Crippen LogP contribution in [0, 0.1) is 0 Å². The van der Waals surface area contributed by atoms with E-state index in [4.69, 9.17) is 5.73 Å². The molecule has 0 aliphatic heterocycles. The van der Waals surface area contributed by atoms with Crippen LogP contribution in [-0.4, -0.2) is 27.9 Å². The van der Waals surface area contributed by atoms with Crippen molar-refractivity contribution in [1.82, 2.24) is 15.4 Å². The van der Waals surface area contributed by atoms with Crippen molar-refractivity contribution in [2.45, 2.75) is 12.5 Å². The zero-order valence-electron chi connectivity index (χ0n) is 8.47. The summed E-state index contributed by atoms with van der Waals surface area (Å²) in [4.78, 5) is 33.0. The predicted molar refractivity (Wildman–Crippen MR) is 54.7 cm³/mol. The number of hydrogen-bond donors (Lipinski definition) is 3. The summed E-state index contributed by atoms with van der Waals surface area (Å²) in [6.07, 6.45) is 4.26. The van der Waals surface area contributed by atoms with Gasteiger partial charge in [-0.15, -0.1) is 0 Å². The first-order valence-corrected chi connectivity index (χ1v) is 4.49. The second kappa shape index (κ2) is 5.66. The topological polar surface area (TPSA) is 110 Å². The van der Waals surface area contributed by atoms with E-state index in [1.807, 2.05) is 5.48 Å². The number of rotatable bonds is 4. The van der Waals surface area contributed by atoms with E-state index in [-0.39, 0.29) is 6.42 Å². The van der Waals surface area contributed by atoms with E-state index in [0.29, 0.717) is 5.69 Å². The SMILES string of the molecule is C=CC(=O)NOC(=O)[C@@H](N)Cc1cnc[nH]1. The van der Waals surface area contributed by atoms with Crippen LogP contribution in [0.2, 0.25) is 0 Å². The smallest absolute Gasteiger partial charge is 0.348 e. The Morgan fingerprint density at radius 1 is 1.75 bits per heavy atom. The first kappa shape index (κ1) is 11.9. The van der Waals surface area contributed by atoms with Crippen molar-refractivity contribution < 1.29 is 14.4 Å². The molecule has 0 aliphatic carbocycles. The van der Waals surface area contributed by atoms with E-state index in [0.717, 1.165) is 6.08 Å². The molecular formula is C9H12N4O3. The molecule has 16 heavy (non-hydrogen) atoms. The van der Waals surface area contributed by atoms with E-state index >= 15 is 0 Å². The Balaban J connectivity index is 2.36. The maximum atomic E-state index is 11.3. The van der Waals surface area contributed by atoms with Crippen molar-refractivity contribution in [3.63, 3.8) is 0 Å². The number of carbonyl (C=O) groups is 2. The van der Waals surface area contributed by atoms with Gasteiger partial charge in [-0.05, 0) is 6.08 Å². The normalized spacial score (nSPS) is 11.6. The van der Waals surface area contributed by atoms with Crippen LogP contribution in [0.5, 0.6) is 0 Å². The minimum atomic E-state index is -0.870. The molecule has 7 heteroatoms. The van der Waals surface area contributed by atoms with E-state index < -0.39 is 17.9 Å². The van der Waals surface area contributed by atoms with Crippen LogP contribution in [-0.2, 0) is 20.8 Å². The fourth-order valence-electron chi connectivity index (χ4n) is 0.935. The maximum absolute atomic E-state index is 11.3. The number of aromatic amines is 1. The van der Waals surface area contributed by atoms with Gasteiger partial charge >= 0.3 is 5.97 Å². The number of nitrogens with zero attached hydrogens (tertiary/aromatic N) is 1. The highest BCUT2D eigenvalue weighted by Crippen LogP contribution is 1.97. The highest BCUT2D eigenvalue weighted by atomic mass is 16.7. The predicted octanol–water partition coefficient (Wildman–Crippen LogP) is -0.960. The molecule has 1 aromatic heterocycles. The number of hydroxylamine groups is 1. The van der Waals surface area contributed by atoms with Gasteiger partial charge in [0.25, 0.3) is 5.91 Å². The molecule has 1 aromatic rings. The number of imidazole rings is 1. The van der Waals surface area contributed by atoms with E-state index in [1.54, 1.807) is 6.20 Å². The van der Waals surface area contributed by atoms with Crippen LogP contribution in [0.15, 0.2) is 25.2 Å². The zero-order valence-corrected chi connectivity index (χ0v) is 8.47. The summed E-state index contributed by atoms with van der Waals surface area (Å²) in [6, 6.07) is -0.870. The lowest BCUT2D eigenvalue weighted by Crippen LogP contribution is -2.38. The number of hydrogen-bond acceptors (Lipinski definition) is 5. The average Bonchev–Trinajstić information content (AvgIpc) is 2.77. The minimum Gasteiger partial charge on any atom is -0.348 e. The van der Waals surface area contributed by atoms with Crippen molar-refractivity contribution in [3.8, 4) is 0 Å². The summed E-state index contributed by atoms with van der Waals surface area (Å²) in [5.74, 6) is -1.34. The molecule has 1 atom stereocenters. The third kappa shape index (κ3) is 3.54. The number of nitrogens with one attached hydrogen (secondary N) is 2. The average molecular weight is 224 g/mol. The molecule has 0 aliphatic rings. The number of nitrogens with two attached hydrogens (primary N) is 1. The Kier molecular flexibility index (Phi) is 4.22. The summed E-state index contributed by atoms with van der Waals surface area (Å²) in [5, 5.41) is 0. The molecule has 1 amide bonds. The van der Waals surface area contributed by atoms with Crippen LogP contribution < -0.4 is 11.2 Å². The fourth-order valence-corrected chi connectivity index (χ4v) is 0.935. The number of amides is 1.